The summed E-state index contributed by atoms with van der Waals surface area (Å²) in [7, 11) is 0. The fraction of sp³-hybridized carbons (Fsp3) is 0.667. The van der Waals surface area contributed by atoms with E-state index >= 15 is 0 Å². The molecule has 2 amide bonds. The summed E-state index contributed by atoms with van der Waals surface area (Å²) < 4.78 is 0. The van der Waals surface area contributed by atoms with E-state index in [9.17, 15) is 9.59 Å². The van der Waals surface area contributed by atoms with Gasteiger partial charge in [0.05, 0.1) is 0 Å². The number of hydrogen-bond donors (Lipinski definition) is 2. The van der Waals surface area contributed by atoms with Gasteiger partial charge in [0.15, 0.2) is 0 Å². The normalized spacial score (nSPS) is 17.7. The summed E-state index contributed by atoms with van der Waals surface area (Å²) in [5, 5.41) is 11.7. The number of nitrogens with zero attached hydrogens (tertiary/aromatic N) is 1. The lowest BCUT2D eigenvalue weighted by atomic mass is 9.87. The van der Waals surface area contributed by atoms with Gasteiger partial charge in [-0.25, -0.2) is 9.59 Å². The van der Waals surface area contributed by atoms with Crippen molar-refractivity contribution in [3.8, 4) is 0 Å². The molecule has 0 bridgehead atoms. The Morgan fingerprint density at radius 2 is 2.00 bits per heavy atom. The number of amides is 2. The zero-order chi connectivity index (χ0) is 13.1. The first-order valence-corrected chi connectivity index (χ1v) is 5.75. The molecule has 0 spiro atoms. The number of hydrogen-bond acceptors (Lipinski definition) is 2. The molecule has 0 saturated carbocycles. The SMILES string of the molecule is CC(C)(C)[C@H](NC(=O)N1CC=CCC1)C(=O)O. The summed E-state index contributed by atoms with van der Waals surface area (Å²) in [6, 6.07) is -1.18. The van der Waals surface area contributed by atoms with Crippen LogP contribution in [0.1, 0.15) is 27.2 Å². The van der Waals surface area contributed by atoms with E-state index in [1.54, 1.807) is 25.7 Å². The van der Waals surface area contributed by atoms with Crippen LogP contribution < -0.4 is 5.32 Å². The zero-order valence-corrected chi connectivity index (χ0v) is 10.6. The smallest absolute Gasteiger partial charge is 0.326 e. The van der Waals surface area contributed by atoms with E-state index in [0.717, 1.165) is 6.42 Å². The van der Waals surface area contributed by atoms with Crippen LogP contribution in [0.15, 0.2) is 12.2 Å². The third-order valence-corrected chi connectivity index (χ3v) is 2.73. The first-order chi connectivity index (χ1) is 7.82. The van der Waals surface area contributed by atoms with Crippen molar-refractivity contribution in [1.29, 1.82) is 0 Å². The fourth-order valence-corrected chi connectivity index (χ4v) is 1.69. The molecule has 5 heteroatoms. The average Bonchev–Trinajstić information content (AvgIpc) is 2.24. The molecule has 2 N–H and O–H groups in total. The highest BCUT2D eigenvalue weighted by Crippen LogP contribution is 2.19. The van der Waals surface area contributed by atoms with Crippen LogP contribution in [-0.4, -0.2) is 41.1 Å². The van der Waals surface area contributed by atoms with Crippen LogP contribution in [0.5, 0.6) is 0 Å². The van der Waals surface area contributed by atoms with Crippen molar-refractivity contribution in [2.75, 3.05) is 13.1 Å². The molecule has 1 atom stereocenters. The maximum absolute atomic E-state index is 11.9. The Morgan fingerprint density at radius 1 is 1.35 bits per heavy atom. The minimum absolute atomic E-state index is 0.309. The molecule has 0 fully saturated rings. The number of rotatable bonds is 2. The van der Waals surface area contributed by atoms with E-state index in [-0.39, 0.29) is 6.03 Å². The second-order valence-corrected chi connectivity index (χ2v) is 5.29. The van der Waals surface area contributed by atoms with Crippen molar-refractivity contribution in [3.05, 3.63) is 12.2 Å². The van der Waals surface area contributed by atoms with Gasteiger partial charge in [0.25, 0.3) is 0 Å². The Hall–Kier alpha value is -1.52. The van der Waals surface area contributed by atoms with Gasteiger partial charge in [-0.1, -0.05) is 32.9 Å². The molecule has 0 aromatic rings. The number of nitrogens with one attached hydrogen (secondary N) is 1. The van der Waals surface area contributed by atoms with Crippen molar-refractivity contribution in [1.82, 2.24) is 10.2 Å². The molecule has 1 aliphatic heterocycles. The maximum atomic E-state index is 11.9. The molecule has 1 rings (SSSR count). The van der Waals surface area contributed by atoms with E-state index in [1.807, 2.05) is 12.2 Å². The summed E-state index contributed by atoms with van der Waals surface area (Å²) in [6.45, 7) is 6.56. The first-order valence-electron chi connectivity index (χ1n) is 5.75. The van der Waals surface area contributed by atoms with Gasteiger partial charge in [0.1, 0.15) is 6.04 Å². The Kier molecular flexibility index (Phi) is 4.15. The van der Waals surface area contributed by atoms with E-state index in [2.05, 4.69) is 5.32 Å². The Balaban J connectivity index is 2.64. The van der Waals surface area contributed by atoms with Crippen LogP contribution in [0.3, 0.4) is 0 Å². The van der Waals surface area contributed by atoms with Crippen LogP contribution >= 0.6 is 0 Å². The summed E-state index contributed by atoms with van der Waals surface area (Å²) in [4.78, 5) is 24.6. The standard InChI is InChI=1S/C12H20N2O3/c1-12(2,3)9(10(15)16)13-11(17)14-7-5-4-6-8-14/h4-5,9H,6-8H2,1-3H3,(H,13,17)(H,15,16)/t9-/m1/s1. The highest BCUT2D eigenvalue weighted by molar-refractivity contribution is 5.83. The van der Waals surface area contributed by atoms with Gasteiger partial charge >= 0.3 is 12.0 Å². The molecule has 0 saturated heterocycles. The van der Waals surface area contributed by atoms with Crippen molar-refractivity contribution >= 4 is 12.0 Å². The predicted molar refractivity (Wildman–Crippen MR) is 64.7 cm³/mol. The van der Waals surface area contributed by atoms with Crippen molar-refractivity contribution in [3.63, 3.8) is 0 Å². The van der Waals surface area contributed by atoms with Crippen LogP contribution in [0.2, 0.25) is 0 Å². The average molecular weight is 240 g/mol. The first kappa shape index (κ1) is 13.5. The van der Waals surface area contributed by atoms with E-state index < -0.39 is 17.4 Å². The lowest BCUT2D eigenvalue weighted by Gasteiger charge is -2.31. The summed E-state index contributed by atoms with van der Waals surface area (Å²) in [5.41, 5.74) is -0.507. The molecule has 0 radical (unpaired) electrons. The van der Waals surface area contributed by atoms with E-state index in [1.165, 1.54) is 0 Å². The quantitative estimate of drug-likeness (QED) is 0.718. The lowest BCUT2D eigenvalue weighted by molar-refractivity contribution is -0.142. The van der Waals surface area contributed by atoms with Gasteiger partial charge in [-0.05, 0) is 11.8 Å². The maximum Gasteiger partial charge on any atom is 0.326 e. The van der Waals surface area contributed by atoms with Crippen LogP contribution in [0, 0.1) is 5.41 Å². The van der Waals surface area contributed by atoms with Gasteiger partial charge in [-0.15, -0.1) is 0 Å². The van der Waals surface area contributed by atoms with Crippen LogP contribution in [-0.2, 0) is 4.79 Å². The Labute approximate surface area is 101 Å². The minimum atomic E-state index is -1.00. The number of aliphatic carboxylic acids is 1. The highest BCUT2D eigenvalue weighted by atomic mass is 16.4. The second kappa shape index (κ2) is 5.21. The lowest BCUT2D eigenvalue weighted by Crippen LogP contribution is -2.53. The third kappa shape index (κ3) is 3.76. The van der Waals surface area contributed by atoms with Crippen molar-refractivity contribution in [2.24, 2.45) is 5.41 Å². The molecule has 1 heterocycles. The second-order valence-electron chi connectivity index (χ2n) is 5.29. The molecule has 0 unspecified atom stereocenters. The van der Waals surface area contributed by atoms with Crippen molar-refractivity contribution in [2.45, 2.75) is 33.2 Å². The largest absolute Gasteiger partial charge is 0.480 e. The van der Waals surface area contributed by atoms with Crippen molar-refractivity contribution < 1.29 is 14.7 Å². The van der Waals surface area contributed by atoms with E-state index in [4.69, 9.17) is 5.11 Å². The molecule has 5 nitrogen and oxygen atoms in total. The topological polar surface area (TPSA) is 69.6 Å². The fourth-order valence-electron chi connectivity index (χ4n) is 1.69. The number of carbonyl (C=O) groups is 2. The molecule has 17 heavy (non-hydrogen) atoms. The van der Waals surface area contributed by atoms with Gasteiger partial charge in [0.2, 0.25) is 0 Å². The van der Waals surface area contributed by atoms with Gasteiger partial charge in [0, 0.05) is 13.1 Å². The number of carbonyl (C=O) groups excluding carboxylic acids is 1. The zero-order valence-electron chi connectivity index (χ0n) is 10.6. The third-order valence-electron chi connectivity index (χ3n) is 2.73. The number of urea groups is 1. The van der Waals surface area contributed by atoms with Crippen LogP contribution in [0.25, 0.3) is 0 Å². The monoisotopic (exact) mass is 240 g/mol. The van der Waals surface area contributed by atoms with Gasteiger partial charge in [-0.2, -0.15) is 0 Å². The highest BCUT2D eigenvalue weighted by Gasteiger charge is 2.33. The van der Waals surface area contributed by atoms with Gasteiger partial charge < -0.3 is 15.3 Å². The molecule has 0 aromatic heterocycles. The molecular formula is C12H20N2O3. The minimum Gasteiger partial charge on any atom is -0.480 e. The molecule has 96 valence electrons. The molecule has 0 aromatic carbocycles. The predicted octanol–water partition coefficient (Wildman–Crippen LogP) is 1.46. The number of carboxylic acid groups (broad SMARTS) is 1. The van der Waals surface area contributed by atoms with Crippen LogP contribution in [0.4, 0.5) is 4.79 Å². The molecule has 1 aliphatic rings. The summed E-state index contributed by atoms with van der Waals surface area (Å²) >= 11 is 0. The molecule has 0 aliphatic carbocycles. The number of carboxylic acids is 1. The summed E-state index contributed by atoms with van der Waals surface area (Å²) in [5.74, 6) is -1.00. The summed E-state index contributed by atoms with van der Waals surface area (Å²) in [6.07, 6.45) is 4.75. The molecular weight excluding hydrogens is 220 g/mol. The van der Waals surface area contributed by atoms with E-state index in [0.29, 0.717) is 13.1 Å². The van der Waals surface area contributed by atoms with Gasteiger partial charge in [-0.3, -0.25) is 0 Å². The Morgan fingerprint density at radius 3 is 2.41 bits per heavy atom. The Bertz CT molecular complexity index is 331.